The lowest BCUT2D eigenvalue weighted by molar-refractivity contribution is -0.167. The molecule has 1 atom stereocenters. The first-order chi connectivity index (χ1) is 33.0. The van der Waals surface area contributed by atoms with Crippen LogP contribution in [0.5, 0.6) is 0 Å². The molecule has 0 fully saturated rings. The molecule has 0 rings (SSSR count). The number of carbonyl (C=O) groups is 3. The molecule has 67 heavy (non-hydrogen) atoms. The fraction of sp³-hybridized carbons (Fsp3) is 0.689. The van der Waals surface area contributed by atoms with E-state index in [0.717, 1.165) is 135 Å². The third-order valence-corrected chi connectivity index (χ3v) is 11.6. The summed E-state index contributed by atoms with van der Waals surface area (Å²) in [6.45, 7) is 6.45. The molecule has 0 aromatic rings. The normalized spacial score (nSPS) is 12.8. The summed E-state index contributed by atoms with van der Waals surface area (Å²) in [5.74, 6) is -0.921. The molecule has 0 heterocycles. The highest BCUT2D eigenvalue weighted by molar-refractivity contribution is 5.71. The summed E-state index contributed by atoms with van der Waals surface area (Å²) in [7, 11) is 0. The first-order valence-electron chi connectivity index (χ1n) is 27.7. The molecule has 0 spiro atoms. The number of hydrogen-bond acceptors (Lipinski definition) is 6. The monoisotopic (exact) mass is 931 g/mol. The molecule has 0 amide bonds. The van der Waals surface area contributed by atoms with E-state index in [1.165, 1.54) is 77.0 Å². The van der Waals surface area contributed by atoms with Crippen LogP contribution in [0.15, 0.2) is 97.2 Å². The van der Waals surface area contributed by atoms with Crippen molar-refractivity contribution in [3.05, 3.63) is 97.2 Å². The fourth-order valence-electron chi connectivity index (χ4n) is 7.42. The zero-order valence-electron chi connectivity index (χ0n) is 43.6. The first-order valence-corrected chi connectivity index (χ1v) is 27.7. The molecule has 6 nitrogen and oxygen atoms in total. The van der Waals surface area contributed by atoms with Gasteiger partial charge in [-0.05, 0) is 103 Å². The molecule has 6 heteroatoms. The number of unbranched alkanes of at least 4 members (excludes halogenated alkanes) is 22. The van der Waals surface area contributed by atoms with E-state index < -0.39 is 6.10 Å². The number of carbonyl (C=O) groups excluding carboxylic acids is 3. The van der Waals surface area contributed by atoms with Crippen LogP contribution < -0.4 is 0 Å². The molecule has 0 saturated carbocycles. The van der Waals surface area contributed by atoms with Gasteiger partial charge in [0, 0.05) is 19.3 Å². The maximum Gasteiger partial charge on any atom is 0.306 e. The molecule has 382 valence electrons. The van der Waals surface area contributed by atoms with Gasteiger partial charge in [-0.15, -0.1) is 0 Å². The largest absolute Gasteiger partial charge is 0.462 e. The minimum atomic E-state index is -0.789. The van der Waals surface area contributed by atoms with Gasteiger partial charge in [-0.2, -0.15) is 0 Å². The lowest BCUT2D eigenvalue weighted by atomic mass is 10.1. The lowest BCUT2D eigenvalue weighted by Crippen LogP contribution is -2.30. The minimum Gasteiger partial charge on any atom is -0.462 e. The summed E-state index contributed by atoms with van der Waals surface area (Å²) < 4.78 is 16.8. The van der Waals surface area contributed by atoms with Crippen molar-refractivity contribution in [1.29, 1.82) is 0 Å². The fourth-order valence-corrected chi connectivity index (χ4v) is 7.42. The van der Waals surface area contributed by atoms with E-state index in [4.69, 9.17) is 14.2 Å². The average molecular weight is 931 g/mol. The predicted molar refractivity (Wildman–Crippen MR) is 288 cm³/mol. The zero-order chi connectivity index (χ0) is 48.6. The molecule has 0 bridgehead atoms. The van der Waals surface area contributed by atoms with E-state index in [-0.39, 0.29) is 31.1 Å². The van der Waals surface area contributed by atoms with Gasteiger partial charge in [-0.1, -0.05) is 227 Å². The highest BCUT2D eigenvalue weighted by atomic mass is 16.6. The molecule has 0 aromatic heterocycles. The molecule has 0 N–H and O–H groups in total. The highest BCUT2D eigenvalue weighted by Gasteiger charge is 2.19. The summed E-state index contributed by atoms with van der Waals surface area (Å²) >= 11 is 0. The highest BCUT2D eigenvalue weighted by Crippen LogP contribution is 2.14. The molecule has 0 radical (unpaired) electrons. The van der Waals surface area contributed by atoms with Crippen LogP contribution in [0.2, 0.25) is 0 Å². The number of ether oxygens (including phenoxy) is 3. The van der Waals surface area contributed by atoms with Gasteiger partial charge < -0.3 is 14.2 Å². The first kappa shape index (κ1) is 63.3. The molecule has 0 saturated heterocycles. The predicted octanol–water partition coefficient (Wildman–Crippen LogP) is 18.5. The summed E-state index contributed by atoms with van der Waals surface area (Å²) in [6, 6.07) is 0. The SMILES string of the molecule is CC/C=C\C/C=C\C/C=C\C/C=C\C/C=C\C/C=C\CCCCCCCCC(=O)OCC(COC(=O)CCCCCCCCCC)OC(=O)CCCCCCC/C=C\C/C=C\CCCCCC. The Morgan fingerprint density at radius 1 is 0.313 bits per heavy atom. The van der Waals surface area contributed by atoms with Crippen molar-refractivity contribution in [3.8, 4) is 0 Å². The van der Waals surface area contributed by atoms with E-state index in [1.54, 1.807) is 0 Å². The van der Waals surface area contributed by atoms with Crippen molar-refractivity contribution < 1.29 is 28.6 Å². The lowest BCUT2D eigenvalue weighted by Gasteiger charge is -2.18. The Morgan fingerprint density at radius 2 is 0.582 bits per heavy atom. The van der Waals surface area contributed by atoms with Crippen molar-refractivity contribution in [2.75, 3.05) is 13.2 Å². The van der Waals surface area contributed by atoms with Gasteiger partial charge in [0.15, 0.2) is 6.10 Å². The molecule has 0 aliphatic carbocycles. The number of rotatable bonds is 49. The van der Waals surface area contributed by atoms with Crippen molar-refractivity contribution in [3.63, 3.8) is 0 Å². The molecule has 0 aliphatic rings. The van der Waals surface area contributed by atoms with Crippen LogP contribution in [0.4, 0.5) is 0 Å². The van der Waals surface area contributed by atoms with Crippen LogP contribution in [0.3, 0.4) is 0 Å². The van der Waals surface area contributed by atoms with Gasteiger partial charge in [0.05, 0.1) is 0 Å². The standard InChI is InChI=1S/C61H102O6/c1-4-7-10-13-16-19-21-23-25-27-28-29-30-31-32-33-34-35-37-38-40-42-45-48-51-54-60(63)66-57-58(56-65-59(62)53-50-47-44-18-15-12-9-6-3)67-61(64)55-52-49-46-43-41-39-36-26-24-22-20-17-14-11-8-5-2/h7,10,16,19-20,22-23,25-26,28-29,31-32,34-36,58H,4-6,8-9,11-15,17-18,21,24,27,30,33,37-57H2,1-3H3/b10-7-,19-16-,22-20-,25-23-,29-28-,32-31-,35-34-,36-26-. The van der Waals surface area contributed by atoms with E-state index in [1.807, 2.05) is 0 Å². The Bertz CT molecular complexity index is 1350. The number of allylic oxidation sites excluding steroid dienone is 16. The van der Waals surface area contributed by atoms with Gasteiger partial charge in [0.1, 0.15) is 13.2 Å². The third kappa shape index (κ3) is 53.2. The Kier molecular flexibility index (Phi) is 51.9. The van der Waals surface area contributed by atoms with E-state index in [2.05, 4.69) is 118 Å². The minimum absolute atomic E-state index is 0.0876. The van der Waals surface area contributed by atoms with Crippen LogP contribution in [0, 0.1) is 0 Å². The topological polar surface area (TPSA) is 78.9 Å². The van der Waals surface area contributed by atoms with Crippen LogP contribution in [0.25, 0.3) is 0 Å². The Balaban J connectivity index is 4.30. The van der Waals surface area contributed by atoms with Crippen LogP contribution in [-0.2, 0) is 28.6 Å². The summed E-state index contributed by atoms with van der Waals surface area (Å²) in [5.41, 5.74) is 0. The Morgan fingerprint density at radius 3 is 0.925 bits per heavy atom. The molecule has 1 unspecified atom stereocenters. The molecular formula is C61H102O6. The zero-order valence-corrected chi connectivity index (χ0v) is 43.6. The van der Waals surface area contributed by atoms with Gasteiger partial charge in [0.25, 0.3) is 0 Å². The van der Waals surface area contributed by atoms with Crippen LogP contribution >= 0.6 is 0 Å². The quantitative estimate of drug-likeness (QED) is 0.0262. The summed E-state index contributed by atoms with van der Waals surface area (Å²) in [5, 5.41) is 0. The Hall–Kier alpha value is -3.67. The molecular weight excluding hydrogens is 829 g/mol. The average Bonchev–Trinajstić information content (AvgIpc) is 3.33. The smallest absolute Gasteiger partial charge is 0.306 e. The second kappa shape index (κ2) is 54.9. The van der Waals surface area contributed by atoms with Gasteiger partial charge in [-0.25, -0.2) is 0 Å². The third-order valence-electron chi connectivity index (χ3n) is 11.6. The molecule has 0 aromatic carbocycles. The second-order valence-electron chi connectivity index (χ2n) is 18.1. The van der Waals surface area contributed by atoms with E-state index in [0.29, 0.717) is 19.3 Å². The number of hydrogen-bond donors (Lipinski definition) is 0. The van der Waals surface area contributed by atoms with E-state index >= 15 is 0 Å². The van der Waals surface area contributed by atoms with Crippen LogP contribution in [0.1, 0.15) is 252 Å². The molecule has 0 aliphatic heterocycles. The van der Waals surface area contributed by atoms with Crippen molar-refractivity contribution in [2.45, 2.75) is 258 Å². The number of esters is 3. The maximum absolute atomic E-state index is 12.8. The van der Waals surface area contributed by atoms with Crippen molar-refractivity contribution in [1.82, 2.24) is 0 Å². The van der Waals surface area contributed by atoms with Gasteiger partial charge >= 0.3 is 17.9 Å². The van der Waals surface area contributed by atoms with Crippen LogP contribution in [-0.4, -0.2) is 37.2 Å². The van der Waals surface area contributed by atoms with Crippen molar-refractivity contribution in [2.24, 2.45) is 0 Å². The maximum atomic E-state index is 12.8. The van der Waals surface area contributed by atoms with E-state index in [9.17, 15) is 14.4 Å². The van der Waals surface area contributed by atoms with Crippen molar-refractivity contribution >= 4 is 17.9 Å². The summed E-state index contributed by atoms with van der Waals surface area (Å²) in [4.78, 5) is 37.9. The Labute approximate surface area is 413 Å². The second-order valence-corrected chi connectivity index (χ2v) is 18.1. The van der Waals surface area contributed by atoms with Gasteiger partial charge in [0.2, 0.25) is 0 Å². The van der Waals surface area contributed by atoms with Gasteiger partial charge in [-0.3, -0.25) is 14.4 Å². The summed E-state index contributed by atoms with van der Waals surface area (Å²) in [6.07, 6.45) is 72.6.